The molecule has 0 aliphatic heterocycles. The van der Waals surface area contributed by atoms with Crippen LogP contribution >= 0.6 is 0 Å². The average molecular weight is 382 g/mol. The van der Waals surface area contributed by atoms with Crippen LogP contribution in [-0.4, -0.2) is 15.9 Å². The zero-order valence-electron chi connectivity index (χ0n) is 16.7. The van der Waals surface area contributed by atoms with Crippen molar-refractivity contribution in [2.24, 2.45) is 5.10 Å². The molecule has 0 aliphatic carbocycles. The van der Waals surface area contributed by atoms with E-state index in [9.17, 15) is 4.79 Å². The number of anilines is 2. The van der Waals surface area contributed by atoms with Gasteiger partial charge in [-0.1, -0.05) is 48.5 Å². The van der Waals surface area contributed by atoms with E-state index in [0.717, 1.165) is 16.9 Å². The molecule has 1 N–H and O–H groups in total. The number of fused-ring (bicyclic) bond motifs is 1. The molecule has 1 heterocycles. The molecular formula is C24H22N4O. The molecule has 5 nitrogen and oxygen atoms in total. The van der Waals surface area contributed by atoms with E-state index in [4.69, 9.17) is 0 Å². The number of rotatable bonds is 4. The highest BCUT2D eigenvalue weighted by atomic mass is 16.1. The normalized spacial score (nSPS) is 11.3. The summed E-state index contributed by atoms with van der Waals surface area (Å²) in [6.07, 6.45) is 1.70. The van der Waals surface area contributed by atoms with Crippen LogP contribution in [0.2, 0.25) is 0 Å². The number of nitrogens with one attached hydrogen (secondary N) is 1. The van der Waals surface area contributed by atoms with Gasteiger partial charge in [0.1, 0.15) is 5.82 Å². The van der Waals surface area contributed by atoms with E-state index >= 15 is 0 Å². The topological polar surface area (TPSA) is 59.3 Å². The summed E-state index contributed by atoms with van der Waals surface area (Å²) in [4.78, 5) is 17.3. The quantitative estimate of drug-likeness (QED) is 0.508. The fourth-order valence-electron chi connectivity index (χ4n) is 3.36. The molecule has 0 spiro atoms. The highest BCUT2D eigenvalue weighted by Gasteiger charge is 2.08. The molecule has 0 aliphatic rings. The maximum Gasteiger partial charge on any atom is 0.282 e. The summed E-state index contributed by atoms with van der Waals surface area (Å²) in [6.45, 7) is 5.94. The Bertz CT molecular complexity index is 1270. The van der Waals surface area contributed by atoms with E-state index in [-0.39, 0.29) is 5.56 Å². The number of benzene rings is 3. The highest BCUT2D eigenvalue weighted by molar-refractivity contribution is 5.89. The predicted octanol–water partition coefficient (Wildman–Crippen LogP) is 4.95. The van der Waals surface area contributed by atoms with Gasteiger partial charge in [0.2, 0.25) is 0 Å². The van der Waals surface area contributed by atoms with Gasteiger partial charge in [0, 0.05) is 16.9 Å². The van der Waals surface area contributed by atoms with Gasteiger partial charge >= 0.3 is 0 Å². The molecule has 0 saturated carbocycles. The Morgan fingerprint density at radius 3 is 2.38 bits per heavy atom. The minimum absolute atomic E-state index is 0.176. The lowest BCUT2D eigenvalue weighted by Gasteiger charge is -2.14. The van der Waals surface area contributed by atoms with Crippen molar-refractivity contribution in [2.45, 2.75) is 20.8 Å². The van der Waals surface area contributed by atoms with E-state index in [2.05, 4.69) is 41.4 Å². The summed E-state index contributed by atoms with van der Waals surface area (Å²) in [5, 5.41) is 8.51. The van der Waals surface area contributed by atoms with Crippen LogP contribution in [0.15, 0.2) is 76.6 Å². The van der Waals surface area contributed by atoms with E-state index in [1.54, 1.807) is 19.2 Å². The van der Waals surface area contributed by atoms with Crippen molar-refractivity contribution >= 4 is 28.5 Å². The molecule has 5 heteroatoms. The Morgan fingerprint density at radius 2 is 1.59 bits per heavy atom. The largest absolute Gasteiger partial charge is 0.355 e. The van der Waals surface area contributed by atoms with Gasteiger partial charge < -0.3 is 5.32 Å². The second-order valence-electron chi connectivity index (χ2n) is 7.02. The Kier molecular flexibility index (Phi) is 4.96. The molecule has 3 aromatic carbocycles. The molecule has 0 radical (unpaired) electrons. The molecule has 0 saturated heterocycles. The Morgan fingerprint density at radius 1 is 0.897 bits per heavy atom. The zero-order chi connectivity index (χ0) is 20.4. The smallest absolute Gasteiger partial charge is 0.282 e. The number of hydrogen-bond donors (Lipinski definition) is 1. The molecule has 0 amide bonds. The van der Waals surface area contributed by atoms with Gasteiger partial charge in [-0.15, -0.1) is 0 Å². The minimum atomic E-state index is -0.176. The maximum absolute atomic E-state index is 12.8. The third-order valence-corrected chi connectivity index (χ3v) is 4.93. The molecule has 0 atom stereocenters. The van der Waals surface area contributed by atoms with Crippen molar-refractivity contribution in [3.63, 3.8) is 0 Å². The molecule has 0 bridgehead atoms. The predicted molar refractivity (Wildman–Crippen MR) is 119 cm³/mol. The lowest BCUT2D eigenvalue weighted by atomic mass is 10.1. The fourth-order valence-corrected chi connectivity index (χ4v) is 3.36. The minimum Gasteiger partial charge on any atom is -0.355 e. The summed E-state index contributed by atoms with van der Waals surface area (Å²) in [5.74, 6) is 0.546. The third kappa shape index (κ3) is 3.67. The third-order valence-electron chi connectivity index (χ3n) is 4.93. The van der Waals surface area contributed by atoms with Crippen molar-refractivity contribution < 1.29 is 0 Å². The lowest BCUT2D eigenvalue weighted by Crippen LogP contribution is -2.20. The van der Waals surface area contributed by atoms with Crippen molar-refractivity contribution in [3.8, 4) is 0 Å². The SMILES string of the molecule is Cc1cccc(C)c1Nc1ccccc1/C=N/n1c(C)nc2ccccc2c1=O. The molecule has 4 rings (SSSR count). The van der Waals surface area contributed by atoms with Gasteiger partial charge in [-0.05, 0) is 50.1 Å². The van der Waals surface area contributed by atoms with Crippen LogP contribution in [0.4, 0.5) is 11.4 Å². The van der Waals surface area contributed by atoms with Crippen LogP contribution < -0.4 is 10.9 Å². The van der Waals surface area contributed by atoms with Gasteiger partial charge in [0.15, 0.2) is 0 Å². The van der Waals surface area contributed by atoms with Gasteiger partial charge in [0.05, 0.1) is 17.1 Å². The first-order chi connectivity index (χ1) is 14.0. The number of nitrogens with zero attached hydrogens (tertiary/aromatic N) is 3. The van der Waals surface area contributed by atoms with Crippen molar-refractivity contribution in [2.75, 3.05) is 5.32 Å². The number of hydrogen-bond acceptors (Lipinski definition) is 4. The number of aromatic nitrogens is 2. The second kappa shape index (κ2) is 7.72. The molecule has 4 aromatic rings. The fraction of sp³-hybridized carbons (Fsp3) is 0.125. The van der Waals surface area contributed by atoms with E-state index in [1.807, 2.05) is 48.5 Å². The van der Waals surface area contributed by atoms with Crippen molar-refractivity contribution in [3.05, 3.63) is 99.6 Å². The van der Waals surface area contributed by atoms with Crippen LogP contribution in [-0.2, 0) is 0 Å². The molecule has 0 unspecified atom stereocenters. The monoisotopic (exact) mass is 382 g/mol. The van der Waals surface area contributed by atoms with E-state index in [1.165, 1.54) is 15.8 Å². The Balaban J connectivity index is 1.74. The summed E-state index contributed by atoms with van der Waals surface area (Å²) in [5.41, 5.74) is 5.73. The van der Waals surface area contributed by atoms with Crippen molar-refractivity contribution in [1.29, 1.82) is 0 Å². The summed E-state index contributed by atoms with van der Waals surface area (Å²) in [7, 11) is 0. The molecule has 29 heavy (non-hydrogen) atoms. The average Bonchev–Trinajstić information content (AvgIpc) is 2.71. The first-order valence-corrected chi connectivity index (χ1v) is 9.49. The summed E-state index contributed by atoms with van der Waals surface area (Å²) in [6, 6.07) is 21.4. The Labute approximate surface area is 169 Å². The molecule has 1 aromatic heterocycles. The Hall–Kier alpha value is -3.73. The molecule has 144 valence electrons. The van der Waals surface area contributed by atoms with Gasteiger partial charge in [0.25, 0.3) is 5.56 Å². The summed E-state index contributed by atoms with van der Waals surface area (Å²) >= 11 is 0. The highest BCUT2D eigenvalue weighted by Crippen LogP contribution is 2.26. The van der Waals surface area contributed by atoms with Crippen LogP contribution in [0, 0.1) is 20.8 Å². The van der Waals surface area contributed by atoms with Crippen LogP contribution in [0.1, 0.15) is 22.5 Å². The van der Waals surface area contributed by atoms with Gasteiger partial charge in [-0.3, -0.25) is 4.79 Å². The summed E-state index contributed by atoms with van der Waals surface area (Å²) < 4.78 is 1.35. The standard InChI is InChI=1S/C24H22N4O/c1-16-9-8-10-17(2)23(16)27-21-13-6-4-11-19(21)15-25-28-18(3)26-22-14-7-5-12-20(22)24(28)29/h4-15,27H,1-3H3/b25-15+. The van der Waals surface area contributed by atoms with Crippen LogP contribution in [0.25, 0.3) is 10.9 Å². The number of aryl methyl sites for hydroxylation is 3. The van der Waals surface area contributed by atoms with Gasteiger partial charge in [-0.2, -0.15) is 9.78 Å². The van der Waals surface area contributed by atoms with Crippen LogP contribution in [0.3, 0.4) is 0 Å². The lowest BCUT2D eigenvalue weighted by molar-refractivity contribution is 0.771. The molecular weight excluding hydrogens is 360 g/mol. The first-order valence-electron chi connectivity index (χ1n) is 9.49. The van der Waals surface area contributed by atoms with E-state index in [0.29, 0.717) is 16.7 Å². The van der Waals surface area contributed by atoms with Crippen LogP contribution in [0.5, 0.6) is 0 Å². The second-order valence-corrected chi connectivity index (χ2v) is 7.02. The zero-order valence-corrected chi connectivity index (χ0v) is 16.7. The van der Waals surface area contributed by atoms with E-state index < -0.39 is 0 Å². The maximum atomic E-state index is 12.8. The van der Waals surface area contributed by atoms with Gasteiger partial charge in [-0.25, -0.2) is 4.98 Å². The van der Waals surface area contributed by atoms with Crippen molar-refractivity contribution in [1.82, 2.24) is 9.66 Å². The number of para-hydroxylation sites is 3. The molecule has 0 fully saturated rings. The first kappa shape index (κ1) is 18.6.